The lowest BCUT2D eigenvalue weighted by atomic mass is 9.39. The Kier molecular flexibility index (Phi) is 21.1. The van der Waals surface area contributed by atoms with Crippen molar-refractivity contribution in [1.29, 1.82) is 0 Å². The number of carbonyl (C=O) groups is 9. The van der Waals surface area contributed by atoms with E-state index in [-0.39, 0.29) is 86.4 Å². The number of carboxylic acids is 1. The number of nitrogens with one attached hydrogen (secondary N) is 4. The van der Waals surface area contributed by atoms with E-state index in [1.54, 1.807) is 56.4 Å². The fourth-order valence-electron chi connectivity index (χ4n) is 16.5. The van der Waals surface area contributed by atoms with Crippen molar-refractivity contribution >= 4 is 102 Å². The highest BCUT2D eigenvalue weighted by molar-refractivity contribution is 7.85. The van der Waals surface area contributed by atoms with E-state index in [4.69, 9.17) is 25.3 Å². The van der Waals surface area contributed by atoms with Crippen LogP contribution in [0.15, 0.2) is 97.2 Å². The Morgan fingerprint density at radius 2 is 1.58 bits per heavy atom. The van der Waals surface area contributed by atoms with Gasteiger partial charge < -0.3 is 46.1 Å². The number of thiazole rings is 1. The summed E-state index contributed by atoms with van der Waals surface area (Å²) in [5.41, 5.74) is 9.82. The van der Waals surface area contributed by atoms with Crippen LogP contribution in [0, 0.1) is 35.0 Å². The molecule has 6 aromatic rings. The van der Waals surface area contributed by atoms with Crippen molar-refractivity contribution in [3.8, 4) is 11.1 Å². The normalized spacial score (nSPS) is 21.2. The molecule has 6 aliphatic rings. The van der Waals surface area contributed by atoms with Crippen LogP contribution in [0.3, 0.4) is 0 Å². The number of aromatic carboxylic acids is 1. The molecule has 27 nitrogen and oxygen atoms in total. The van der Waals surface area contributed by atoms with Crippen LogP contribution >= 0.6 is 11.3 Å². The van der Waals surface area contributed by atoms with Gasteiger partial charge in [0.25, 0.3) is 27.8 Å². The Morgan fingerprint density at radius 1 is 0.850 bits per heavy atom. The molecular formula is C71H84N12O15S2. The molecular weight excluding hydrogens is 1320 g/mol. The fourth-order valence-corrected chi connectivity index (χ4v) is 17.8. The molecule has 4 atom stereocenters. The number of amides is 8. The SMILES string of the molecule is Cc1c(-c2ccc(N3CCc4cccc(C(=O)Nc5nc6ccccc6s5)c4C3)nc2C(=O)O)cnn1CC12CC3(C)CC(C)(C1)CC(OCCN(CCS(=O)(=O)O)C(=O)OCc1ccc(NC(=O)[C@H](CCCNC(N)=O)CC(=O)[C@@H](NC(=O)CCN4C(=O)C=CC4=O)C(C)C)cc1)(C3)C2. The Morgan fingerprint density at radius 3 is 2.27 bits per heavy atom. The monoisotopic (exact) mass is 1410 g/mol. The predicted octanol–water partition coefficient (Wildman–Crippen LogP) is 8.46. The molecule has 0 radical (unpaired) electrons. The number of imide groups is 1. The standard InChI is InChI=1S/C71H84N12O15S2/c1-43(2)60(78-57(85)24-27-82-58(86)21-22-59(82)87)54(84)32-47(11-9-25-73-65(72)92)62(88)75-48-17-15-45(16-18-48)35-97-67(93)80(29-31-100(94,95)96)28-30-98-71-39-68(4)36-69(5,40-71)38-70(37-68,41-71)42-83-44(3)51(33-74-83)49-19-20-56(77-61(49)64(90)91)81-26-23-46-10-8-12-50(52(46)34-81)63(89)79-66-76-53-13-6-7-14-55(53)99-66/h6-8,10,12-22,33,43,47,60H,9,11,23-32,34-42H2,1-5H3,(H,75,88)(H,78,85)(H,90,91)(H3,72,73,92)(H,76,79,89)(H,94,95,96)/t47-,60+,68?,69?,70?,71?/m1/s1. The number of hydrogen-bond donors (Lipinski definition) is 7. The zero-order chi connectivity index (χ0) is 71.5. The summed E-state index contributed by atoms with van der Waals surface area (Å²) < 4.78 is 49.6. The zero-order valence-corrected chi connectivity index (χ0v) is 58.2. The second kappa shape index (κ2) is 29.4. The third-order valence-electron chi connectivity index (χ3n) is 19.8. The lowest BCUT2D eigenvalue weighted by Crippen LogP contribution is -2.64. The Hall–Kier alpha value is -9.45. The number of carbonyl (C=O) groups excluding carboxylic acids is 8. The van der Waals surface area contributed by atoms with Crippen LogP contribution in [0.2, 0.25) is 0 Å². The number of Topliss-reactive ketones (excluding diaryl/α,β-unsaturated/α-hetero) is 1. The molecule has 530 valence electrons. The number of nitrogens with zero attached hydrogens (tertiary/aromatic N) is 7. The molecule has 4 bridgehead atoms. The van der Waals surface area contributed by atoms with Gasteiger partial charge in [0.2, 0.25) is 11.8 Å². The average Bonchev–Trinajstić information content (AvgIpc) is 0.837. The zero-order valence-electron chi connectivity index (χ0n) is 56.5. The van der Waals surface area contributed by atoms with Crippen molar-refractivity contribution in [2.24, 2.45) is 33.8 Å². The van der Waals surface area contributed by atoms with Gasteiger partial charge in [-0.2, -0.15) is 13.5 Å². The minimum atomic E-state index is -4.51. The van der Waals surface area contributed by atoms with Crippen LogP contribution in [0.4, 0.5) is 26.2 Å². The summed E-state index contributed by atoms with van der Waals surface area (Å²) in [6.07, 6.45) is 8.54. The van der Waals surface area contributed by atoms with Gasteiger partial charge in [0, 0.05) is 105 Å². The van der Waals surface area contributed by atoms with Gasteiger partial charge in [-0.05, 0) is 146 Å². The van der Waals surface area contributed by atoms with Gasteiger partial charge in [0.1, 0.15) is 12.4 Å². The maximum atomic E-state index is 13.9. The largest absolute Gasteiger partial charge is 0.476 e. The molecule has 4 aliphatic carbocycles. The van der Waals surface area contributed by atoms with Crippen molar-refractivity contribution in [2.45, 2.75) is 137 Å². The highest BCUT2D eigenvalue weighted by Gasteiger charge is 2.66. The number of nitrogens with two attached hydrogens (primary N) is 1. The lowest BCUT2D eigenvalue weighted by molar-refractivity contribution is -0.248. The van der Waals surface area contributed by atoms with Gasteiger partial charge in [0.15, 0.2) is 16.6 Å². The summed E-state index contributed by atoms with van der Waals surface area (Å²) in [6, 6.07) is 21.5. The van der Waals surface area contributed by atoms with E-state index in [9.17, 15) is 61.2 Å². The number of ether oxygens (including phenoxy) is 2. The number of para-hydroxylation sites is 1. The summed E-state index contributed by atoms with van der Waals surface area (Å²) in [7, 11) is -4.51. The van der Waals surface area contributed by atoms with E-state index >= 15 is 0 Å². The van der Waals surface area contributed by atoms with E-state index < -0.39 is 93.4 Å². The first-order chi connectivity index (χ1) is 47.5. The summed E-state index contributed by atoms with van der Waals surface area (Å²) in [6.45, 7) is 10.6. The van der Waals surface area contributed by atoms with Gasteiger partial charge in [-0.1, -0.05) is 75.4 Å². The quantitative estimate of drug-likeness (QED) is 0.0126. The predicted molar refractivity (Wildman–Crippen MR) is 371 cm³/mol. The Labute approximate surface area is 582 Å². The number of aromatic nitrogens is 4. The first-order valence-corrected chi connectivity index (χ1v) is 36.0. The van der Waals surface area contributed by atoms with E-state index in [0.29, 0.717) is 71.4 Å². The minimum absolute atomic E-state index is 0.0267. The summed E-state index contributed by atoms with van der Waals surface area (Å²) in [4.78, 5) is 130. The number of anilines is 3. The molecule has 3 aromatic carbocycles. The van der Waals surface area contributed by atoms with Crippen LogP contribution in [0.1, 0.15) is 135 Å². The maximum absolute atomic E-state index is 13.9. The molecule has 100 heavy (non-hydrogen) atoms. The van der Waals surface area contributed by atoms with Crippen LogP contribution in [0.5, 0.6) is 0 Å². The first kappa shape index (κ1) is 71.8. The van der Waals surface area contributed by atoms with E-state index in [2.05, 4.69) is 40.1 Å². The fraction of sp³-hybridized carbons (Fsp3) is 0.465. The highest BCUT2D eigenvalue weighted by Crippen LogP contribution is 2.72. The van der Waals surface area contributed by atoms with Crippen LogP contribution in [-0.4, -0.2) is 158 Å². The van der Waals surface area contributed by atoms with E-state index in [1.807, 2.05) is 59.0 Å². The number of ketones is 1. The number of hydrogen-bond acceptors (Lipinski definition) is 18. The molecule has 2 aliphatic heterocycles. The minimum Gasteiger partial charge on any atom is -0.476 e. The van der Waals surface area contributed by atoms with E-state index in [0.717, 1.165) is 76.2 Å². The number of rotatable bonds is 30. The van der Waals surface area contributed by atoms with Gasteiger partial charge in [-0.15, -0.1) is 0 Å². The lowest BCUT2D eigenvalue weighted by Gasteiger charge is -2.69. The molecule has 8 N–H and O–H groups in total. The molecule has 2 unspecified atom stereocenters. The molecule has 8 amide bonds. The van der Waals surface area contributed by atoms with Gasteiger partial charge in [-0.25, -0.2) is 24.4 Å². The number of pyridine rings is 1. The van der Waals surface area contributed by atoms with Crippen molar-refractivity contribution in [1.82, 2.24) is 40.2 Å². The molecule has 0 spiro atoms. The van der Waals surface area contributed by atoms with Crippen molar-refractivity contribution in [3.05, 3.63) is 131 Å². The second-order valence-electron chi connectivity index (χ2n) is 28.5. The Balaban J connectivity index is 0.711. The van der Waals surface area contributed by atoms with Gasteiger partial charge in [0.05, 0.1) is 40.4 Å². The number of fused-ring (bicyclic) bond motifs is 2. The third-order valence-corrected chi connectivity index (χ3v) is 21.5. The van der Waals surface area contributed by atoms with Gasteiger partial charge in [-0.3, -0.25) is 48.2 Å². The number of urea groups is 1. The second-order valence-corrected chi connectivity index (χ2v) is 31.1. The van der Waals surface area contributed by atoms with Crippen LogP contribution in [-0.2, 0) is 69.7 Å². The molecule has 0 saturated heterocycles. The summed E-state index contributed by atoms with van der Waals surface area (Å²) >= 11 is 1.40. The third kappa shape index (κ3) is 16.9. The topological polar surface area (TPSA) is 374 Å². The number of benzene rings is 3. The average molecular weight is 1410 g/mol. The maximum Gasteiger partial charge on any atom is 0.410 e. The Bertz CT molecular complexity index is 4270. The smallest absolute Gasteiger partial charge is 0.410 e. The molecule has 12 rings (SSSR count). The molecule has 5 heterocycles. The number of carboxylic acid groups (broad SMARTS) is 1. The van der Waals surface area contributed by atoms with Crippen LogP contribution < -0.4 is 31.9 Å². The number of primary amides is 1. The summed E-state index contributed by atoms with van der Waals surface area (Å²) in [5, 5.41) is 27.1. The van der Waals surface area contributed by atoms with Crippen molar-refractivity contribution in [2.75, 3.05) is 60.6 Å². The molecule has 29 heteroatoms. The van der Waals surface area contributed by atoms with E-state index in [1.165, 1.54) is 16.2 Å². The van der Waals surface area contributed by atoms with Gasteiger partial charge >= 0.3 is 18.1 Å². The first-order valence-electron chi connectivity index (χ1n) is 33.6. The van der Waals surface area contributed by atoms with Crippen molar-refractivity contribution in [3.63, 3.8) is 0 Å². The van der Waals surface area contributed by atoms with Crippen LogP contribution in [0.25, 0.3) is 21.3 Å². The molecule has 4 saturated carbocycles. The highest BCUT2D eigenvalue weighted by atomic mass is 32.2. The van der Waals surface area contributed by atoms with Crippen molar-refractivity contribution < 1.29 is 70.7 Å². The molecule has 4 fully saturated rings. The molecule has 3 aromatic heterocycles. The summed E-state index contributed by atoms with van der Waals surface area (Å²) in [5.74, 6) is -5.70.